The number of benzene rings is 2. The van der Waals surface area contributed by atoms with Gasteiger partial charge >= 0.3 is 0 Å². The molecule has 4 heteroatoms. The maximum absolute atomic E-state index is 13.6. The number of nitrogens with one attached hydrogen (secondary N) is 1. The predicted molar refractivity (Wildman–Crippen MR) is 87.3 cm³/mol. The minimum Gasteiger partial charge on any atom is -0.378 e. The molecule has 0 aliphatic heterocycles. The van der Waals surface area contributed by atoms with E-state index in [4.69, 9.17) is 11.6 Å². The van der Waals surface area contributed by atoms with Gasteiger partial charge in [-0.1, -0.05) is 35.9 Å². The Bertz CT molecular complexity index is 613. The molecular formula is C17H20ClFN2. The summed E-state index contributed by atoms with van der Waals surface area (Å²) < 4.78 is 13.6. The second-order valence-electron chi connectivity index (χ2n) is 5.43. The van der Waals surface area contributed by atoms with Crippen LogP contribution in [0.2, 0.25) is 5.02 Å². The van der Waals surface area contributed by atoms with Gasteiger partial charge in [0.1, 0.15) is 5.82 Å². The molecular weight excluding hydrogens is 287 g/mol. The second kappa shape index (κ2) is 6.92. The van der Waals surface area contributed by atoms with Gasteiger partial charge in [-0.25, -0.2) is 4.39 Å². The van der Waals surface area contributed by atoms with Gasteiger partial charge in [0.05, 0.1) is 5.02 Å². The number of halogens is 2. The third-order valence-corrected chi connectivity index (χ3v) is 3.63. The number of rotatable bonds is 5. The summed E-state index contributed by atoms with van der Waals surface area (Å²) in [6.45, 7) is 2.86. The number of para-hydroxylation sites is 1. The molecule has 0 spiro atoms. The summed E-state index contributed by atoms with van der Waals surface area (Å²) in [5, 5.41) is 3.59. The lowest BCUT2D eigenvalue weighted by atomic mass is 10.1. The van der Waals surface area contributed by atoms with Gasteiger partial charge in [-0.2, -0.15) is 0 Å². The van der Waals surface area contributed by atoms with Crippen molar-refractivity contribution in [3.05, 3.63) is 64.4 Å². The van der Waals surface area contributed by atoms with Gasteiger partial charge in [0.25, 0.3) is 0 Å². The molecule has 0 aliphatic rings. The van der Waals surface area contributed by atoms with Crippen molar-refractivity contribution in [3.63, 3.8) is 0 Å². The molecule has 0 fully saturated rings. The fourth-order valence-electron chi connectivity index (χ4n) is 2.24. The van der Waals surface area contributed by atoms with E-state index in [0.29, 0.717) is 0 Å². The molecule has 1 N–H and O–H groups in total. The summed E-state index contributed by atoms with van der Waals surface area (Å²) in [6, 6.07) is 13.1. The first-order chi connectivity index (χ1) is 9.97. The highest BCUT2D eigenvalue weighted by molar-refractivity contribution is 6.30. The monoisotopic (exact) mass is 306 g/mol. The predicted octanol–water partition coefficient (Wildman–Crippen LogP) is 4.71. The molecule has 0 heterocycles. The average Bonchev–Trinajstić information content (AvgIpc) is 2.43. The third-order valence-electron chi connectivity index (χ3n) is 3.32. The number of hydrogen-bond donors (Lipinski definition) is 1. The molecule has 0 aromatic heterocycles. The Morgan fingerprint density at radius 3 is 2.57 bits per heavy atom. The molecule has 112 valence electrons. The number of hydrogen-bond acceptors (Lipinski definition) is 2. The average molecular weight is 307 g/mol. The molecule has 2 aromatic rings. The minimum absolute atomic E-state index is 0.0000731. The van der Waals surface area contributed by atoms with Gasteiger partial charge in [-0.15, -0.1) is 0 Å². The second-order valence-corrected chi connectivity index (χ2v) is 5.84. The van der Waals surface area contributed by atoms with Crippen LogP contribution >= 0.6 is 11.6 Å². The van der Waals surface area contributed by atoms with Crippen LogP contribution in [0.3, 0.4) is 0 Å². The van der Waals surface area contributed by atoms with Gasteiger partial charge in [-0.3, -0.25) is 0 Å². The van der Waals surface area contributed by atoms with Crippen LogP contribution in [0.15, 0.2) is 42.5 Å². The van der Waals surface area contributed by atoms with Crippen LogP contribution in [0, 0.1) is 5.82 Å². The number of nitrogens with zero attached hydrogens (tertiary/aromatic N) is 1. The zero-order valence-electron chi connectivity index (χ0n) is 12.5. The molecule has 0 saturated heterocycles. The smallest absolute Gasteiger partial charge is 0.142 e. The number of anilines is 1. The molecule has 2 rings (SSSR count). The molecule has 2 nitrogen and oxygen atoms in total. The zero-order valence-corrected chi connectivity index (χ0v) is 13.3. The maximum Gasteiger partial charge on any atom is 0.142 e. The lowest BCUT2D eigenvalue weighted by molar-refractivity contribution is 0.403. The largest absolute Gasteiger partial charge is 0.378 e. The van der Waals surface area contributed by atoms with Crippen molar-refractivity contribution < 1.29 is 4.39 Å². The van der Waals surface area contributed by atoms with Crippen molar-refractivity contribution in [1.82, 2.24) is 4.90 Å². The summed E-state index contributed by atoms with van der Waals surface area (Å²) in [6.07, 6.45) is 0. The first-order valence-corrected chi connectivity index (χ1v) is 7.29. The SMILES string of the molecule is CC(Nc1ccccc1CN(C)C)c1ccc(Cl)c(F)c1. The van der Waals surface area contributed by atoms with Gasteiger partial charge in [0, 0.05) is 18.3 Å². The summed E-state index contributed by atoms with van der Waals surface area (Å²) in [5.74, 6) is -0.385. The zero-order chi connectivity index (χ0) is 15.4. The highest BCUT2D eigenvalue weighted by Gasteiger charge is 2.10. The van der Waals surface area contributed by atoms with Crippen LogP contribution in [0.1, 0.15) is 24.1 Å². The van der Waals surface area contributed by atoms with Gasteiger partial charge in [0.15, 0.2) is 0 Å². The Kier molecular flexibility index (Phi) is 5.21. The fraction of sp³-hybridized carbons (Fsp3) is 0.294. The van der Waals surface area contributed by atoms with E-state index in [1.54, 1.807) is 6.07 Å². The van der Waals surface area contributed by atoms with Crippen molar-refractivity contribution >= 4 is 17.3 Å². The Morgan fingerprint density at radius 1 is 1.19 bits per heavy atom. The lowest BCUT2D eigenvalue weighted by Gasteiger charge is -2.20. The van der Waals surface area contributed by atoms with Crippen molar-refractivity contribution in [2.24, 2.45) is 0 Å². The minimum atomic E-state index is -0.385. The van der Waals surface area contributed by atoms with Crippen LogP contribution in [-0.4, -0.2) is 19.0 Å². The van der Waals surface area contributed by atoms with Crippen LogP contribution in [0.4, 0.5) is 10.1 Å². The topological polar surface area (TPSA) is 15.3 Å². The van der Waals surface area contributed by atoms with E-state index in [2.05, 4.69) is 16.3 Å². The van der Waals surface area contributed by atoms with E-state index in [0.717, 1.165) is 17.8 Å². The van der Waals surface area contributed by atoms with E-state index >= 15 is 0 Å². The van der Waals surface area contributed by atoms with E-state index in [9.17, 15) is 4.39 Å². The van der Waals surface area contributed by atoms with Gasteiger partial charge < -0.3 is 10.2 Å². The van der Waals surface area contributed by atoms with Crippen molar-refractivity contribution in [1.29, 1.82) is 0 Å². The van der Waals surface area contributed by atoms with Crippen molar-refractivity contribution in [3.8, 4) is 0 Å². The van der Waals surface area contributed by atoms with E-state index < -0.39 is 0 Å². The standard InChI is InChI=1S/C17H20ClFN2/c1-12(13-8-9-15(18)16(19)10-13)20-17-7-5-4-6-14(17)11-21(2)3/h4-10,12,20H,11H2,1-3H3. The Hall–Kier alpha value is -1.58. The van der Waals surface area contributed by atoms with Crippen LogP contribution in [0.5, 0.6) is 0 Å². The molecule has 1 atom stereocenters. The molecule has 2 aromatic carbocycles. The van der Waals surface area contributed by atoms with Gasteiger partial charge in [-0.05, 0) is 50.3 Å². The van der Waals surface area contributed by atoms with Crippen LogP contribution in [0.25, 0.3) is 0 Å². The first-order valence-electron chi connectivity index (χ1n) is 6.91. The van der Waals surface area contributed by atoms with E-state index in [1.165, 1.54) is 11.6 Å². The van der Waals surface area contributed by atoms with Gasteiger partial charge in [0.2, 0.25) is 0 Å². The van der Waals surface area contributed by atoms with E-state index in [1.807, 2.05) is 45.3 Å². The summed E-state index contributed by atoms with van der Waals surface area (Å²) in [5.41, 5.74) is 3.15. The molecule has 21 heavy (non-hydrogen) atoms. The first kappa shape index (κ1) is 15.8. The van der Waals surface area contributed by atoms with E-state index in [-0.39, 0.29) is 16.9 Å². The Balaban J connectivity index is 2.19. The Labute approximate surface area is 130 Å². The highest BCUT2D eigenvalue weighted by Crippen LogP contribution is 2.25. The molecule has 1 unspecified atom stereocenters. The quantitative estimate of drug-likeness (QED) is 0.860. The molecule has 0 saturated carbocycles. The van der Waals surface area contributed by atoms with Crippen molar-refractivity contribution in [2.45, 2.75) is 19.5 Å². The molecule has 0 aliphatic carbocycles. The normalized spacial score (nSPS) is 12.5. The molecule has 0 radical (unpaired) electrons. The third kappa shape index (κ3) is 4.19. The Morgan fingerprint density at radius 2 is 1.90 bits per heavy atom. The van der Waals surface area contributed by atoms with Crippen molar-refractivity contribution in [2.75, 3.05) is 19.4 Å². The molecule has 0 bridgehead atoms. The summed E-state index contributed by atoms with van der Waals surface area (Å²) >= 11 is 5.73. The molecule has 0 amide bonds. The fourth-order valence-corrected chi connectivity index (χ4v) is 2.36. The maximum atomic E-state index is 13.6. The van der Waals surface area contributed by atoms with Crippen LogP contribution in [-0.2, 0) is 6.54 Å². The lowest BCUT2D eigenvalue weighted by Crippen LogP contribution is -2.14. The summed E-state index contributed by atoms with van der Waals surface area (Å²) in [7, 11) is 4.07. The van der Waals surface area contributed by atoms with Crippen LogP contribution < -0.4 is 5.32 Å². The highest BCUT2D eigenvalue weighted by atomic mass is 35.5. The summed E-state index contributed by atoms with van der Waals surface area (Å²) in [4.78, 5) is 2.12.